The van der Waals surface area contributed by atoms with Crippen molar-refractivity contribution in [3.8, 4) is 0 Å². The van der Waals surface area contributed by atoms with Crippen molar-refractivity contribution >= 4 is 43.2 Å². The maximum absolute atomic E-state index is 4.60. The van der Waals surface area contributed by atoms with E-state index in [2.05, 4.69) is 58.8 Å². The Hall–Kier alpha value is -2.72. The van der Waals surface area contributed by atoms with Crippen molar-refractivity contribution in [1.82, 2.24) is 4.98 Å². The first-order chi connectivity index (χ1) is 12.3. The van der Waals surface area contributed by atoms with Crippen LogP contribution in [-0.4, -0.2) is 10.7 Å². The number of hydrogen-bond acceptors (Lipinski definition) is 4. The summed E-state index contributed by atoms with van der Waals surface area (Å²) in [6, 6.07) is 19.2. The second-order valence-corrected chi connectivity index (χ2v) is 7.44. The highest BCUT2D eigenvalue weighted by Gasteiger charge is 2.16. The number of rotatable bonds is 3. The summed E-state index contributed by atoms with van der Waals surface area (Å²) in [5.74, 6) is 0. The minimum atomic E-state index is 0.825. The SMILES string of the molecule is C/C(=N\Nc1nc2ccccc2s1)c1ccc2c3c(cccc13)CC2. The van der Waals surface area contributed by atoms with Gasteiger partial charge >= 0.3 is 0 Å². The number of hydrazone groups is 1. The first-order valence-electron chi connectivity index (χ1n) is 8.49. The van der Waals surface area contributed by atoms with Gasteiger partial charge in [0.2, 0.25) is 5.13 Å². The number of fused-ring (bicyclic) bond motifs is 1. The number of nitrogens with zero attached hydrogens (tertiary/aromatic N) is 2. The van der Waals surface area contributed by atoms with Gasteiger partial charge in [0.1, 0.15) is 0 Å². The Bertz CT molecular complexity index is 1100. The summed E-state index contributed by atoms with van der Waals surface area (Å²) in [6.07, 6.45) is 2.30. The Kier molecular flexibility index (Phi) is 3.31. The number of para-hydroxylation sites is 1. The fourth-order valence-electron chi connectivity index (χ4n) is 3.67. The lowest BCUT2D eigenvalue weighted by Gasteiger charge is -2.08. The van der Waals surface area contributed by atoms with Crippen LogP contribution < -0.4 is 5.43 Å². The Morgan fingerprint density at radius 1 is 1.00 bits per heavy atom. The zero-order valence-corrected chi connectivity index (χ0v) is 14.7. The summed E-state index contributed by atoms with van der Waals surface area (Å²) in [6.45, 7) is 2.05. The van der Waals surface area contributed by atoms with Crippen LogP contribution >= 0.6 is 11.3 Å². The van der Waals surface area contributed by atoms with Gasteiger partial charge in [0.15, 0.2) is 0 Å². The zero-order valence-electron chi connectivity index (χ0n) is 13.9. The van der Waals surface area contributed by atoms with E-state index in [1.807, 2.05) is 18.2 Å². The number of hydrogen-bond donors (Lipinski definition) is 1. The number of benzene rings is 3. The van der Waals surface area contributed by atoms with Crippen molar-refractivity contribution in [3.05, 3.63) is 71.3 Å². The minimum Gasteiger partial charge on any atom is -0.252 e. The molecule has 0 amide bonds. The number of anilines is 1. The molecule has 1 aromatic heterocycles. The van der Waals surface area contributed by atoms with Crippen LogP contribution in [-0.2, 0) is 12.8 Å². The van der Waals surface area contributed by atoms with E-state index < -0.39 is 0 Å². The van der Waals surface area contributed by atoms with Crippen LogP contribution in [0.15, 0.2) is 59.7 Å². The molecule has 0 radical (unpaired) electrons. The van der Waals surface area contributed by atoms with Crippen molar-refractivity contribution in [3.63, 3.8) is 0 Å². The molecule has 0 unspecified atom stereocenters. The molecule has 0 bridgehead atoms. The van der Waals surface area contributed by atoms with Gasteiger partial charge in [0.25, 0.3) is 0 Å². The van der Waals surface area contributed by atoms with E-state index in [-0.39, 0.29) is 0 Å². The van der Waals surface area contributed by atoms with Gasteiger partial charge in [-0.1, -0.05) is 53.8 Å². The summed E-state index contributed by atoms with van der Waals surface area (Å²) in [4.78, 5) is 4.58. The van der Waals surface area contributed by atoms with E-state index in [0.717, 1.165) is 29.2 Å². The van der Waals surface area contributed by atoms with Gasteiger partial charge in [-0.15, -0.1) is 0 Å². The molecule has 1 N–H and O–H groups in total. The van der Waals surface area contributed by atoms with Crippen LogP contribution in [0.4, 0.5) is 5.13 Å². The van der Waals surface area contributed by atoms with Crippen LogP contribution in [0.3, 0.4) is 0 Å². The molecule has 1 aliphatic rings. The molecule has 122 valence electrons. The van der Waals surface area contributed by atoms with Crippen LogP contribution in [0, 0.1) is 0 Å². The average Bonchev–Trinajstić information content (AvgIpc) is 3.25. The summed E-state index contributed by atoms with van der Waals surface area (Å²) in [5.41, 5.74) is 9.24. The van der Waals surface area contributed by atoms with Crippen LogP contribution in [0.25, 0.3) is 21.0 Å². The fourth-order valence-corrected chi connectivity index (χ4v) is 4.48. The lowest BCUT2D eigenvalue weighted by molar-refractivity contribution is 1.02. The molecule has 4 aromatic rings. The second kappa shape index (κ2) is 5.67. The second-order valence-electron chi connectivity index (χ2n) is 6.41. The van der Waals surface area contributed by atoms with E-state index in [4.69, 9.17) is 0 Å². The first kappa shape index (κ1) is 14.6. The molecule has 0 atom stereocenters. The minimum absolute atomic E-state index is 0.825. The number of aryl methyl sites for hydroxylation is 2. The van der Waals surface area contributed by atoms with Gasteiger partial charge in [-0.05, 0) is 53.8 Å². The summed E-state index contributed by atoms with van der Waals surface area (Å²) < 4.78 is 1.17. The molecule has 0 fully saturated rings. The van der Waals surface area contributed by atoms with Gasteiger partial charge in [-0.3, -0.25) is 5.43 Å². The highest BCUT2D eigenvalue weighted by Crippen LogP contribution is 2.33. The highest BCUT2D eigenvalue weighted by molar-refractivity contribution is 7.22. The number of aromatic nitrogens is 1. The van der Waals surface area contributed by atoms with Crippen LogP contribution in [0.1, 0.15) is 23.6 Å². The summed E-state index contributed by atoms with van der Waals surface area (Å²) >= 11 is 1.62. The lowest BCUT2D eigenvalue weighted by atomic mass is 9.98. The van der Waals surface area contributed by atoms with Crippen molar-refractivity contribution in [2.24, 2.45) is 5.10 Å². The van der Waals surface area contributed by atoms with E-state index in [1.54, 1.807) is 11.3 Å². The number of thiazole rings is 1. The van der Waals surface area contributed by atoms with E-state index in [0.29, 0.717) is 0 Å². The molecule has 25 heavy (non-hydrogen) atoms. The number of nitrogens with one attached hydrogen (secondary N) is 1. The standard InChI is InChI=1S/C21H17N3S/c1-13(23-24-21-22-18-7-2-3-8-19(18)25-21)16-12-11-15-10-9-14-5-4-6-17(16)20(14)15/h2-8,11-12H,9-10H2,1H3,(H,22,24)/b23-13+. The molecule has 3 aromatic carbocycles. The van der Waals surface area contributed by atoms with E-state index >= 15 is 0 Å². The third-order valence-electron chi connectivity index (χ3n) is 4.88. The molecule has 0 spiro atoms. The quantitative estimate of drug-likeness (QED) is 0.400. The normalized spacial score (nSPS) is 13.7. The molecule has 0 saturated heterocycles. The van der Waals surface area contributed by atoms with Gasteiger partial charge in [0, 0.05) is 5.56 Å². The monoisotopic (exact) mass is 343 g/mol. The molecule has 0 saturated carbocycles. The molecule has 0 aliphatic heterocycles. The third-order valence-corrected chi connectivity index (χ3v) is 5.82. The maximum atomic E-state index is 4.60. The summed E-state index contributed by atoms with van der Waals surface area (Å²) in [5, 5.41) is 8.16. The average molecular weight is 343 g/mol. The Labute approximate surface area is 150 Å². The molecule has 3 nitrogen and oxygen atoms in total. The van der Waals surface area contributed by atoms with Crippen LogP contribution in [0.5, 0.6) is 0 Å². The molecule has 1 heterocycles. The van der Waals surface area contributed by atoms with Gasteiger partial charge < -0.3 is 0 Å². The predicted octanol–water partition coefficient (Wildman–Crippen LogP) is 5.38. The van der Waals surface area contributed by atoms with Gasteiger partial charge in [-0.2, -0.15) is 5.10 Å². The lowest BCUT2D eigenvalue weighted by Crippen LogP contribution is -2.01. The molecule has 1 aliphatic carbocycles. The zero-order chi connectivity index (χ0) is 16.8. The van der Waals surface area contributed by atoms with E-state index in [1.165, 1.54) is 32.2 Å². The topological polar surface area (TPSA) is 37.3 Å². The van der Waals surface area contributed by atoms with Crippen molar-refractivity contribution in [1.29, 1.82) is 0 Å². The Balaban J connectivity index is 1.53. The molecule has 4 heteroatoms. The van der Waals surface area contributed by atoms with Gasteiger partial charge in [0.05, 0.1) is 15.9 Å². The predicted molar refractivity (Wildman–Crippen MR) is 107 cm³/mol. The fraction of sp³-hybridized carbons (Fsp3) is 0.143. The van der Waals surface area contributed by atoms with Gasteiger partial charge in [-0.25, -0.2) is 4.98 Å². The van der Waals surface area contributed by atoms with Crippen molar-refractivity contribution in [2.75, 3.05) is 5.43 Å². The first-order valence-corrected chi connectivity index (χ1v) is 9.31. The molecule has 5 rings (SSSR count). The van der Waals surface area contributed by atoms with Crippen LogP contribution in [0.2, 0.25) is 0 Å². The summed E-state index contributed by atoms with van der Waals surface area (Å²) in [7, 11) is 0. The van der Waals surface area contributed by atoms with Crippen molar-refractivity contribution in [2.45, 2.75) is 19.8 Å². The smallest absolute Gasteiger partial charge is 0.204 e. The highest BCUT2D eigenvalue weighted by atomic mass is 32.1. The molecular weight excluding hydrogens is 326 g/mol. The third kappa shape index (κ3) is 2.41. The maximum Gasteiger partial charge on any atom is 0.204 e. The Morgan fingerprint density at radius 2 is 1.84 bits per heavy atom. The molecular formula is C21H17N3S. The van der Waals surface area contributed by atoms with Crippen molar-refractivity contribution < 1.29 is 0 Å². The van der Waals surface area contributed by atoms with E-state index in [9.17, 15) is 0 Å². The largest absolute Gasteiger partial charge is 0.252 e. The Morgan fingerprint density at radius 3 is 2.72 bits per heavy atom.